The first kappa shape index (κ1) is 21.3. The summed E-state index contributed by atoms with van der Waals surface area (Å²) >= 11 is 0. The molecule has 1 aliphatic heterocycles. The Morgan fingerprint density at radius 1 is 1.10 bits per heavy atom. The lowest BCUT2D eigenvalue weighted by Gasteiger charge is -2.41. The largest absolute Gasteiger partial charge is 0.465 e. The minimum Gasteiger partial charge on any atom is -0.465 e. The average molecular weight is 419 g/mol. The lowest BCUT2D eigenvalue weighted by molar-refractivity contribution is 0.0597. The van der Waals surface area contributed by atoms with Gasteiger partial charge in [0.05, 0.1) is 38.7 Å². The number of carbonyl (C=O) groups is 1. The van der Waals surface area contributed by atoms with Crippen LogP contribution in [-0.4, -0.2) is 47.4 Å². The molecule has 0 aromatic heterocycles. The van der Waals surface area contributed by atoms with Gasteiger partial charge in [-0.05, 0) is 29.3 Å². The van der Waals surface area contributed by atoms with Crippen molar-refractivity contribution >= 4 is 21.8 Å². The summed E-state index contributed by atoms with van der Waals surface area (Å²) in [6, 6.07) is 15.3. The molecule has 0 saturated carbocycles. The third-order valence-corrected chi connectivity index (χ3v) is 5.26. The van der Waals surface area contributed by atoms with Crippen LogP contribution in [0.4, 0.5) is 5.69 Å². The summed E-state index contributed by atoms with van der Waals surface area (Å²) in [4.78, 5) is 14.1. The number of anilines is 1. The van der Waals surface area contributed by atoms with Crippen LogP contribution in [0.1, 0.15) is 21.5 Å². The number of nitrogens with zero attached hydrogens (tertiary/aromatic N) is 1. The van der Waals surface area contributed by atoms with Crippen molar-refractivity contribution in [1.82, 2.24) is 0 Å². The summed E-state index contributed by atoms with van der Waals surface area (Å²) in [7, 11) is -2.34. The smallest absolute Gasteiger partial charge is 0.338 e. The number of hydrogen-bond donors (Lipinski definition) is 0. The maximum absolute atomic E-state index is 12.0. The fraction of sp³-hybridized carbons (Fsp3) is 0.381. The van der Waals surface area contributed by atoms with E-state index in [9.17, 15) is 13.2 Å². The minimum absolute atomic E-state index is 0.214. The highest BCUT2D eigenvalue weighted by atomic mass is 32.2. The van der Waals surface area contributed by atoms with Gasteiger partial charge in [0.1, 0.15) is 0 Å². The molecule has 0 amide bonds. The van der Waals surface area contributed by atoms with E-state index in [1.165, 1.54) is 7.11 Å². The number of ether oxygens (including phenoxy) is 2. The molecule has 0 aliphatic carbocycles. The Morgan fingerprint density at radius 2 is 1.83 bits per heavy atom. The highest BCUT2D eigenvalue weighted by Gasteiger charge is 2.28. The number of benzene rings is 2. The van der Waals surface area contributed by atoms with E-state index in [1.54, 1.807) is 12.1 Å². The molecule has 8 heteroatoms. The molecular weight excluding hydrogens is 394 g/mol. The van der Waals surface area contributed by atoms with E-state index >= 15 is 0 Å². The molecule has 0 bridgehead atoms. The van der Waals surface area contributed by atoms with E-state index in [2.05, 4.69) is 4.90 Å². The van der Waals surface area contributed by atoms with Crippen molar-refractivity contribution in [1.29, 1.82) is 0 Å². The first-order valence-electron chi connectivity index (χ1n) is 9.28. The van der Waals surface area contributed by atoms with Gasteiger partial charge in [-0.25, -0.2) is 4.79 Å². The Labute approximate surface area is 171 Å². The summed E-state index contributed by atoms with van der Waals surface area (Å²) < 4.78 is 38.1. The number of hydrogen-bond acceptors (Lipinski definition) is 7. The predicted molar refractivity (Wildman–Crippen MR) is 109 cm³/mol. The maximum atomic E-state index is 12.0. The fourth-order valence-electron chi connectivity index (χ4n) is 3.18. The molecule has 1 heterocycles. The Hall–Kier alpha value is -2.42. The van der Waals surface area contributed by atoms with Crippen LogP contribution >= 0.6 is 0 Å². The van der Waals surface area contributed by atoms with Crippen LogP contribution in [-0.2, 0) is 37.0 Å². The standard InChI is InChI=1S/C21H25NO6S/c1-26-21(23)20-9-8-19(10-18(20)15-28-29(2,24)25)22-11-17(12-22)14-27-13-16-6-4-3-5-7-16/h3-10,17H,11-15H2,1-2H3. The second-order valence-corrected chi connectivity index (χ2v) is 8.72. The molecule has 2 aromatic carbocycles. The van der Waals surface area contributed by atoms with Gasteiger partial charge in [0.2, 0.25) is 0 Å². The lowest BCUT2D eigenvalue weighted by Crippen LogP contribution is -2.48. The average Bonchev–Trinajstić information content (AvgIpc) is 2.67. The van der Waals surface area contributed by atoms with Gasteiger partial charge in [-0.3, -0.25) is 4.18 Å². The van der Waals surface area contributed by atoms with Crippen molar-refractivity contribution in [2.75, 3.05) is 38.0 Å². The minimum atomic E-state index is -3.62. The Morgan fingerprint density at radius 3 is 2.48 bits per heavy atom. The molecule has 3 rings (SSSR count). The number of rotatable bonds is 9. The first-order valence-corrected chi connectivity index (χ1v) is 11.1. The summed E-state index contributed by atoms with van der Waals surface area (Å²) in [6.45, 7) is 2.72. The Kier molecular flexibility index (Phi) is 6.89. The topological polar surface area (TPSA) is 82.1 Å². The maximum Gasteiger partial charge on any atom is 0.338 e. The van der Waals surface area contributed by atoms with E-state index in [-0.39, 0.29) is 6.61 Å². The summed E-state index contributed by atoms with van der Waals surface area (Å²) in [5.74, 6) is -0.103. The van der Waals surface area contributed by atoms with Gasteiger partial charge in [0, 0.05) is 24.7 Å². The molecule has 1 saturated heterocycles. The van der Waals surface area contributed by atoms with E-state index in [0.29, 0.717) is 30.3 Å². The summed E-state index contributed by atoms with van der Waals surface area (Å²) in [6.07, 6.45) is 0.976. The third-order valence-electron chi connectivity index (χ3n) is 4.71. The normalized spacial score (nSPS) is 14.5. The van der Waals surface area contributed by atoms with Crippen molar-refractivity contribution in [3.8, 4) is 0 Å². The van der Waals surface area contributed by atoms with Crippen LogP contribution in [0.5, 0.6) is 0 Å². The van der Waals surface area contributed by atoms with Crippen molar-refractivity contribution in [3.63, 3.8) is 0 Å². The van der Waals surface area contributed by atoms with Gasteiger partial charge in [0.25, 0.3) is 10.1 Å². The van der Waals surface area contributed by atoms with Gasteiger partial charge < -0.3 is 14.4 Å². The molecule has 156 valence electrons. The van der Waals surface area contributed by atoms with Gasteiger partial charge in [0.15, 0.2) is 0 Å². The SMILES string of the molecule is COC(=O)c1ccc(N2CC(COCc3ccccc3)C2)cc1COS(C)(=O)=O. The van der Waals surface area contributed by atoms with Crippen LogP contribution < -0.4 is 4.90 Å². The number of methoxy groups -OCH3 is 1. The molecule has 29 heavy (non-hydrogen) atoms. The fourth-order valence-corrected chi connectivity index (χ4v) is 3.52. The van der Waals surface area contributed by atoms with Gasteiger partial charge in [-0.2, -0.15) is 8.42 Å². The quantitative estimate of drug-likeness (QED) is 0.456. The van der Waals surface area contributed by atoms with Crippen molar-refractivity contribution in [2.24, 2.45) is 5.92 Å². The van der Waals surface area contributed by atoms with Gasteiger partial charge >= 0.3 is 5.97 Å². The highest BCUT2D eigenvalue weighted by Crippen LogP contribution is 2.28. The van der Waals surface area contributed by atoms with Crippen LogP contribution in [0, 0.1) is 5.92 Å². The predicted octanol–water partition coefficient (Wildman–Crippen LogP) is 2.60. The van der Waals surface area contributed by atoms with Crippen LogP contribution in [0.2, 0.25) is 0 Å². The third kappa shape index (κ3) is 6.03. The Bertz CT molecular complexity index is 939. The number of esters is 1. The molecule has 1 aliphatic rings. The second-order valence-electron chi connectivity index (χ2n) is 7.07. The summed E-state index contributed by atoms with van der Waals surface area (Å²) in [5, 5.41) is 0. The molecule has 2 aromatic rings. The first-order chi connectivity index (χ1) is 13.9. The van der Waals surface area contributed by atoms with Crippen LogP contribution in [0.25, 0.3) is 0 Å². The van der Waals surface area contributed by atoms with E-state index in [1.807, 2.05) is 36.4 Å². The van der Waals surface area contributed by atoms with Gasteiger partial charge in [-0.15, -0.1) is 0 Å². The zero-order valence-electron chi connectivity index (χ0n) is 16.5. The van der Waals surface area contributed by atoms with Crippen LogP contribution in [0.15, 0.2) is 48.5 Å². The van der Waals surface area contributed by atoms with Crippen LogP contribution in [0.3, 0.4) is 0 Å². The van der Waals surface area contributed by atoms with E-state index in [4.69, 9.17) is 13.7 Å². The van der Waals surface area contributed by atoms with E-state index in [0.717, 1.165) is 30.6 Å². The van der Waals surface area contributed by atoms with Gasteiger partial charge in [-0.1, -0.05) is 30.3 Å². The molecule has 7 nitrogen and oxygen atoms in total. The van der Waals surface area contributed by atoms with Crippen molar-refractivity contribution < 1.29 is 26.9 Å². The molecule has 0 radical (unpaired) electrons. The van der Waals surface area contributed by atoms with Crippen molar-refractivity contribution in [2.45, 2.75) is 13.2 Å². The molecular formula is C21H25NO6S. The molecule has 1 fully saturated rings. The van der Waals surface area contributed by atoms with Crippen molar-refractivity contribution in [3.05, 3.63) is 65.2 Å². The zero-order valence-corrected chi connectivity index (χ0v) is 17.4. The molecule has 0 N–H and O–H groups in total. The number of carbonyl (C=O) groups excluding carboxylic acids is 1. The van der Waals surface area contributed by atoms with E-state index < -0.39 is 16.1 Å². The molecule has 0 atom stereocenters. The monoisotopic (exact) mass is 419 g/mol. The summed E-state index contributed by atoms with van der Waals surface area (Å²) in [5.41, 5.74) is 2.83. The lowest BCUT2D eigenvalue weighted by atomic mass is 9.98. The molecule has 0 spiro atoms. The Balaban J connectivity index is 1.57. The molecule has 0 unspecified atom stereocenters. The zero-order chi connectivity index (χ0) is 20.9. The highest BCUT2D eigenvalue weighted by molar-refractivity contribution is 7.85. The second kappa shape index (κ2) is 9.39.